The summed E-state index contributed by atoms with van der Waals surface area (Å²) in [4.78, 5) is 13.1. The van der Waals surface area contributed by atoms with Gasteiger partial charge in [0.05, 0.1) is 23.7 Å². The number of nitriles is 1. The number of carbonyl (C=O) groups excluding carboxylic acids is 1. The molecule has 2 amide bonds. The Morgan fingerprint density at radius 2 is 2.05 bits per heavy atom. The highest BCUT2D eigenvalue weighted by Crippen LogP contribution is 2.34. The minimum atomic E-state index is -4.53. The van der Waals surface area contributed by atoms with Crippen LogP contribution in [0.3, 0.4) is 0 Å². The van der Waals surface area contributed by atoms with E-state index in [0.29, 0.717) is 6.54 Å². The van der Waals surface area contributed by atoms with Gasteiger partial charge in [-0.3, -0.25) is 0 Å². The second-order valence-corrected chi connectivity index (χ2v) is 3.96. The van der Waals surface area contributed by atoms with Gasteiger partial charge in [-0.15, -0.1) is 0 Å². The van der Waals surface area contributed by atoms with Crippen LogP contribution in [0.25, 0.3) is 0 Å². The summed E-state index contributed by atoms with van der Waals surface area (Å²) < 4.78 is 38.3. The Morgan fingerprint density at radius 3 is 2.60 bits per heavy atom. The first-order valence-corrected chi connectivity index (χ1v) is 5.99. The molecular formula is C13H14F3N3O. The lowest BCUT2D eigenvalue weighted by atomic mass is 10.1. The van der Waals surface area contributed by atoms with Crippen molar-refractivity contribution in [2.75, 3.05) is 18.4 Å². The van der Waals surface area contributed by atoms with Crippen LogP contribution in [0.15, 0.2) is 24.3 Å². The third kappa shape index (κ3) is 4.16. The second-order valence-electron chi connectivity index (χ2n) is 3.96. The standard InChI is InChI=1S/C13H14F3N3O/c1-2-19(9-5-8-17)12(20)18-11-7-4-3-6-10(11)13(14,15)16/h3-4,6-7H,2,5,9H2,1H3,(H,18,20). The molecule has 0 spiro atoms. The van der Waals surface area contributed by atoms with E-state index >= 15 is 0 Å². The molecule has 0 saturated carbocycles. The van der Waals surface area contributed by atoms with Gasteiger partial charge in [-0.25, -0.2) is 4.79 Å². The largest absolute Gasteiger partial charge is 0.418 e. The minimum absolute atomic E-state index is 0.127. The maximum Gasteiger partial charge on any atom is 0.418 e. The van der Waals surface area contributed by atoms with Gasteiger partial charge in [0.15, 0.2) is 0 Å². The zero-order valence-electron chi connectivity index (χ0n) is 10.9. The number of amides is 2. The van der Waals surface area contributed by atoms with E-state index in [4.69, 9.17) is 5.26 Å². The Bertz CT molecular complexity index is 508. The number of nitrogens with zero attached hydrogens (tertiary/aromatic N) is 2. The molecule has 1 rings (SSSR count). The van der Waals surface area contributed by atoms with Gasteiger partial charge in [-0.2, -0.15) is 18.4 Å². The number of hydrogen-bond donors (Lipinski definition) is 1. The van der Waals surface area contributed by atoms with Gasteiger partial charge in [0.25, 0.3) is 0 Å². The van der Waals surface area contributed by atoms with Crippen LogP contribution in [0.2, 0.25) is 0 Å². The van der Waals surface area contributed by atoms with E-state index in [1.165, 1.54) is 23.1 Å². The van der Waals surface area contributed by atoms with Crippen LogP contribution in [0, 0.1) is 11.3 Å². The summed E-state index contributed by atoms with van der Waals surface area (Å²) in [6.45, 7) is 2.17. The third-order valence-corrected chi connectivity index (χ3v) is 2.64. The van der Waals surface area contributed by atoms with Crippen molar-refractivity contribution in [2.45, 2.75) is 19.5 Å². The van der Waals surface area contributed by atoms with E-state index in [0.717, 1.165) is 6.07 Å². The van der Waals surface area contributed by atoms with Crippen LogP contribution < -0.4 is 5.32 Å². The normalized spacial score (nSPS) is 10.8. The van der Waals surface area contributed by atoms with Crippen molar-refractivity contribution in [1.82, 2.24) is 4.90 Å². The van der Waals surface area contributed by atoms with Gasteiger partial charge >= 0.3 is 12.2 Å². The lowest BCUT2D eigenvalue weighted by Crippen LogP contribution is -2.35. The number of alkyl halides is 3. The Labute approximate surface area is 114 Å². The average molecular weight is 285 g/mol. The van der Waals surface area contributed by atoms with Crippen LogP contribution in [-0.2, 0) is 6.18 Å². The molecule has 4 nitrogen and oxygen atoms in total. The first kappa shape index (κ1) is 15.8. The van der Waals surface area contributed by atoms with Crippen molar-refractivity contribution in [3.63, 3.8) is 0 Å². The highest BCUT2D eigenvalue weighted by Gasteiger charge is 2.33. The quantitative estimate of drug-likeness (QED) is 0.920. The Morgan fingerprint density at radius 1 is 1.40 bits per heavy atom. The van der Waals surface area contributed by atoms with E-state index in [1.54, 1.807) is 6.92 Å². The number of carbonyl (C=O) groups is 1. The minimum Gasteiger partial charge on any atom is -0.324 e. The Balaban J connectivity index is 2.88. The van der Waals surface area contributed by atoms with E-state index < -0.39 is 17.8 Å². The Kier molecular flexibility index (Phi) is 5.38. The van der Waals surface area contributed by atoms with Crippen molar-refractivity contribution < 1.29 is 18.0 Å². The molecule has 20 heavy (non-hydrogen) atoms. The average Bonchev–Trinajstić information content (AvgIpc) is 2.39. The molecule has 0 bridgehead atoms. The number of halogens is 3. The molecule has 1 N–H and O–H groups in total. The fourth-order valence-electron chi connectivity index (χ4n) is 1.62. The summed E-state index contributed by atoms with van der Waals surface area (Å²) in [5.41, 5.74) is -1.19. The molecule has 108 valence electrons. The molecule has 0 saturated heterocycles. The predicted molar refractivity (Wildman–Crippen MR) is 67.9 cm³/mol. The van der Waals surface area contributed by atoms with Crippen molar-refractivity contribution in [1.29, 1.82) is 5.26 Å². The van der Waals surface area contributed by atoms with Crippen LogP contribution in [0.5, 0.6) is 0 Å². The molecule has 1 aromatic rings. The van der Waals surface area contributed by atoms with Gasteiger partial charge < -0.3 is 10.2 Å². The second kappa shape index (κ2) is 6.80. The summed E-state index contributed by atoms with van der Waals surface area (Å²) in [6.07, 6.45) is -4.41. The lowest BCUT2D eigenvalue weighted by molar-refractivity contribution is -0.136. The molecule has 7 heteroatoms. The molecule has 0 radical (unpaired) electrons. The molecule has 0 unspecified atom stereocenters. The fourth-order valence-corrected chi connectivity index (χ4v) is 1.62. The molecule has 0 aliphatic heterocycles. The topological polar surface area (TPSA) is 56.1 Å². The summed E-state index contributed by atoms with van der Waals surface area (Å²) in [5, 5.41) is 10.7. The van der Waals surface area contributed by atoms with Crippen LogP contribution in [0.4, 0.5) is 23.7 Å². The molecule has 0 atom stereocenters. The summed E-state index contributed by atoms with van der Waals surface area (Å²) in [7, 11) is 0. The molecule has 1 aromatic carbocycles. The predicted octanol–water partition coefficient (Wildman–Crippen LogP) is 3.47. The number of nitrogens with one attached hydrogen (secondary N) is 1. The number of anilines is 1. The maximum absolute atomic E-state index is 12.8. The zero-order chi connectivity index (χ0) is 15.2. The van der Waals surface area contributed by atoms with Crippen molar-refractivity contribution in [3.8, 4) is 6.07 Å². The highest BCUT2D eigenvalue weighted by atomic mass is 19.4. The first-order chi connectivity index (χ1) is 9.40. The van der Waals surface area contributed by atoms with Crippen LogP contribution in [-0.4, -0.2) is 24.0 Å². The van der Waals surface area contributed by atoms with E-state index in [1.807, 2.05) is 6.07 Å². The molecular weight excluding hydrogens is 271 g/mol. The molecule has 0 aliphatic carbocycles. The molecule has 0 heterocycles. The highest BCUT2D eigenvalue weighted by molar-refractivity contribution is 5.90. The molecule has 0 aliphatic rings. The summed E-state index contributed by atoms with van der Waals surface area (Å²) >= 11 is 0. The van der Waals surface area contributed by atoms with Crippen molar-refractivity contribution >= 4 is 11.7 Å². The number of urea groups is 1. The SMILES string of the molecule is CCN(CCC#N)C(=O)Nc1ccccc1C(F)(F)F. The van der Waals surface area contributed by atoms with Crippen LogP contribution >= 0.6 is 0 Å². The third-order valence-electron chi connectivity index (χ3n) is 2.64. The van der Waals surface area contributed by atoms with Crippen molar-refractivity contribution in [3.05, 3.63) is 29.8 Å². The van der Waals surface area contributed by atoms with Crippen molar-refractivity contribution in [2.24, 2.45) is 0 Å². The zero-order valence-corrected chi connectivity index (χ0v) is 10.9. The van der Waals surface area contributed by atoms with Gasteiger partial charge in [-0.05, 0) is 19.1 Å². The summed E-state index contributed by atoms with van der Waals surface area (Å²) in [5.74, 6) is 0. The lowest BCUT2D eigenvalue weighted by Gasteiger charge is -2.21. The maximum atomic E-state index is 12.8. The van der Waals surface area contributed by atoms with E-state index in [2.05, 4.69) is 5.32 Å². The van der Waals surface area contributed by atoms with E-state index in [9.17, 15) is 18.0 Å². The van der Waals surface area contributed by atoms with Gasteiger partial charge in [-0.1, -0.05) is 12.1 Å². The smallest absolute Gasteiger partial charge is 0.324 e. The molecule has 0 aromatic heterocycles. The fraction of sp³-hybridized carbons (Fsp3) is 0.385. The summed E-state index contributed by atoms with van der Waals surface area (Å²) in [6, 6.07) is 6.00. The monoisotopic (exact) mass is 285 g/mol. The van der Waals surface area contributed by atoms with Gasteiger partial charge in [0, 0.05) is 13.1 Å². The number of rotatable bonds is 4. The van der Waals surface area contributed by atoms with Gasteiger partial charge in [0.2, 0.25) is 0 Å². The first-order valence-electron chi connectivity index (χ1n) is 5.99. The van der Waals surface area contributed by atoms with Gasteiger partial charge in [0.1, 0.15) is 0 Å². The van der Waals surface area contributed by atoms with E-state index in [-0.39, 0.29) is 18.7 Å². The van der Waals surface area contributed by atoms with Crippen LogP contribution in [0.1, 0.15) is 18.9 Å². The number of benzene rings is 1. The Hall–Kier alpha value is -2.23. The molecule has 0 fully saturated rings. The number of para-hydroxylation sites is 1. The number of hydrogen-bond acceptors (Lipinski definition) is 2.